The molecule has 0 saturated carbocycles. The van der Waals surface area contributed by atoms with Gasteiger partial charge in [0.2, 0.25) is 0 Å². The van der Waals surface area contributed by atoms with Crippen molar-refractivity contribution >= 4 is 11.8 Å². The molecule has 0 bridgehead atoms. The molecule has 1 saturated heterocycles. The summed E-state index contributed by atoms with van der Waals surface area (Å²) >= 11 is 0. The van der Waals surface area contributed by atoms with Crippen molar-refractivity contribution in [2.45, 2.75) is 19.5 Å². The average molecular weight is 356 g/mol. The predicted octanol–water partition coefficient (Wildman–Crippen LogP) is 0.667. The van der Waals surface area contributed by atoms with Crippen LogP contribution in [-0.4, -0.2) is 60.9 Å². The minimum atomic E-state index is -0.121. The number of hydrogen-bond acceptors (Lipinski definition) is 3. The van der Waals surface area contributed by atoms with Gasteiger partial charge in [0.25, 0.3) is 11.8 Å². The second-order valence-corrected chi connectivity index (χ2v) is 6.83. The Kier molecular flexibility index (Phi) is 5.73. The summed E-state index contributed by atoms with van der Waals surface area (Å²) in [5, 5.41) is 0. The van der Waals surface area contributed by atoms with Gasteiger partial charge in [0.1, 0.15) is 0 Å². The average Bonchev–Trinajstić information content (AvgIpc) is 3.22. The zero-order valence-electron chi connectivity index (χ0n) is 15.4. The molecule has 2 amide bonds. The number of benzene rings is 1. The van der Waals surface area contributed by atoms with Crippen LogP contribution >= 0.6 is 0 Å². The van der Waals surface area contributed by atoms with E-state index in [1.807, 2.05) is 44.3 Å². The van der Waals surface area contributed by atoms with Gasteiger partial charge in [0.05, 0.1) is 32.4 Å². The van der Waals surface area contributed by atoms with Crippen LogP contribution in [-0.2, 0) is 11.3 Å². The minimum Gasteiger partial charge on any atom is -0.459 e. The van der Waals surface area contributed by atoms with Crippen LogP contribution in [0, 0.1) is 0 Å². The molecule has 138 valence electrons. The molecule has 0 unspecified atom stereocenters. The van der Waals surface area contributed by atoms with Crippen LogP contribution in [0.15, 0.2) is 53.1 Å². The minimum absolute atomic E-state index is 0.0748. The molecule has 2 aromatic rings. The van der Waals surface area contributed by atoms with Crippen LogP contribution in [0.2, 0.25) is 0 Å². The van der Waals surface area contributed by atoms with Crippen LogP contribution in [0.5, 0.6) is 0 Å². The first-order chi connectivity index (χ1) is 12.6. The molecule has 1 atom stereocenters. The lowest BCUT2D eigenvalue weighted by molar-refractivity contribution is -0.918. The molecule has 0 radical (unpaired) electrons. The molecular formula is C20H26N3O3+. The maximum Gasteiger partial charge on any atom is 0.289 e. The zero-order valence-corrected chi connectivity index (χ0v) is 15.4. The molecule has 1 aliphatic heterocycles. The molecule has 2 heterocycles. The molecule has 3 rings (SSSR count). The Morgan fingerprint density at radius 1 is 1.15 bits per heavy atom. The second kappa shape index (κ2) is 8.19. The van der Waals surface area contributed by atoms with Gasteiger partial charge in [-0.15, -0.1) is 0 Å². The van der Waals surface area contributed by atoms with E-state index < -0.39 is 0 Å². The predicted molar refractivity (Wildman–Crippen MR) is 97.7 cm³/mol. The van der Waals surface area contributed by atoms with Crippen molar-refractivity contribution in [3.8, 4) is 0 Å². The van der Waals surface area contributed by atoms with E-state index in [2.05, 4.69) is 0 Å². The normalized spacial score (nSPS) is 16.3. The molecule has 1 N–H and O–H groups in total. The maximum atomic E-state index is 12.8. The Bertz CT molecular complexity index is 722. The molecule has 6 heteroatoms. The third kappa shape index (κ3) is 4.14. The van der Waals surface area contributed by atoms with Crippen LogP contribution in [0.1, 0.15) is 23.0 Å². The number of likely N-dealkylation sites (N-methyl/N-ethyl adjacent to an activating group) is 1. The number of carbonyl (C=O) groups excluding carboxylic acids is 2. The largest absolute Gasteiger partial charge is 0.459 e. The van der Waals surface area contributed by atoms with Gasteiger partial charge in [-0.3, -0.25) is 9.59 Å². The summed E-state index contributed by atoms with van der Waals surface area (Å²) in [7, 11) is 1.85. The summed E-state index contributed by atoms with van der Waals surface area (Å²) in [6.07, 6.45) is 1.51. The van der Waals surface area contributed by atoms with E-state index in [0.29, 0.717) is 25.4 Å². The second-order valence-electron chi connectivity index (χ2n) is 6.83. The highest BCUT2D eigenvalue weighted by Crippen LogP contribution is 2.07. The number of piperazine rings is 1. The van der Waals surface area contributed by atoms with Crippen LogP contribution in [0.25, 0.3) is 0 Å². The molecule has 1 aromatic carbocycles. The van der Waals surface area contributed by atoms with Crippen molar-refractivity contribution in [3.05, 3.63) is 60.1 Å². The number of nitrogens with one attached hydrogen (secondary N) is 1. The third-order valence-corrected chi connectivity index (χ3v) is 5.05. The Hall–Kier alpha value is -2.60. The van der Waals surface area contributed by atoms with Crippen molar-refractivity contribution in [2.24, 2.45) is 0 Å². The van der Waals surface area contributed by atoms with Gasteiger partial charge in [0.15, 0.2) is 11.8 Å². The van der Waals surface area contributed by atoms with Gasteiger partial charge in [-0.25, -0.2) is 0 Å². The number of hydrogen-bond donors (Lipinski definition) is 1. The smallest absolute Gasteiger partial charge is 0.289 e. The zero-order chi connectivity index (χ0) is 18.5. The first-order valence-corrected chi connectivity index (χ1v) is 9.02. The summed E-state index contributed by atoms with van der Waals surface area (Å²) in [5.41, 5.74) is 1.12. The topological polar surface area (TPSA) is 58.2 Å². The standard InChI is InChI=1S/C20H25N3O3/c1-16(19(24)21(2)15-17-7-4-3-5-8-17)22-10-12-23(13-11-22)20(25)18-9-6-14-26-18/h3-9,14,16H,10-13,15H2,1-2H3/p+1/t16-/m1/s1. The summed E-state index contributed by atoms with van der Waals surface area (Å²) < 4.78 is 5.19. The van der Waals surface area contributed by atoms with E-state index in [1.54, 1.807) is 21.9 Å². The molecule has 1 aromatic heterocycles. The fourth-order valence-electron chi connectivity index (χ4n) is 3.43. The quantitative estimate of drug-likeness (QED) is 0.857. The number of quaternary nitrogens is 1. The molecule has 1 fully saturated rings. The summed E-state index contributed by atoms with van der Waals surface area (Å²) in [5.74, 6) is 0.434. The molecule has 26 heavy (non-hydrogen) atoms. The van der Waals surface area contributed by atoms with Crippen molar-refractivity contribution in [2.75, 3.05) is 33.2 Å². The summed E-state index contributed by atoms with van der Waals surface area (Å²) in [6, 6.07) is 13.3. The van der Waals surface area contributed by atoms with Crippen molar-refractivity contribution in [1.82, 2.24) is 9.80 Å². The summed E-state index contributed by atoms with van der Waals surface area (Å²) in [6.45, 7) is 5.38. The molecular weight excluding hydrogens is 330 g/mol. The van der Waals surface area contributed by atoms with Gasteiger partial charge >= 0.3 is 0 Å². The van der Waals surface area contributed by atoms with E-state index in [4.69, 9.17) is 4.42 Å². The fraction of sp³-hybridized carbons (Fsp3) is 0.400. The van der Waals surface area contributed by atoms with Gasteiger partial charge in [-0.1, -0.05) is 30.3 Å². The summed E-state index contributed by atoms with van der Waals surface area (Å²) in [4.78, 5) is 29.9. The van der Waals surface area contributed by atoms with Gasteiger partial charge in [0, 0.05) is 13.6 Å². The lowest BCUT2D eigenvalue weighted by Crippen LogP contribution is -3.19. The monoisotopic (exact) mass is 356 g/mol. The number of furan rings is 1. The Morgan fingerprint density at radius 3 is 2.46 bits per heavy atom. The maximum absolute atomic E-state index is 12.8. The SMILES string of the molecule is C[C@H](C(=O)N(C)Cc1ccccc1)[NH+]1CCN(C(=O)c2ccco2)CC1. The number of rotatable bonds is 5. The lowest BCUT2D eigenvalue weighted by Gasteiger charge is -2.35. The van der Waals surface area contributed by atoms with E-state index in [9.17, 15) is 9.59 Å². The highest BCUT2D eigenvalue weighted by Gasteiger charge is 2.33. The van der Waals surface area contributed by atoms with Crippen LogP contribution in [0.3, 0.4) is 0 Å². The molecule has 6 nitrogen and oxygen atoms in total. The fourth-order valence-corrected chi connectivity index (χ4v) is 3.43. The Balaban J connectivity index is 1.52. The molecule has 1 aliphatic rings. The van der Waals surface area contributed by atoms with E-state index in [1.165, 1.54) is 11.2 Å². The van der Waals surface area contributed by atoms with Gasteiger partial charge in [-0.2, -0.15) is 0 Å². The van der Waals surface area contributed by atoms with Crippen LogP contribution < -0.4 is 4.90 Å². The highest BCUT2D eigenvalue weighted by atomic mass is 16.3. The van der Waals surface area contributed by atoms with E-state index in [0.717, 1.165) is 18.7 Å². The first kappa shape index (κ1) is 18.2. The van der Waals surface area contributed by atoms with Crippen molar-refractivity contribution in [3.63, 3.8) is 0 Å². The Morgan fingerprint density at radius 2 is 1.85 bits per heavy atom. The first-order valence-electron chi connectivity index (χ1n) is 9.02. The van der Waals surface area contributed by atoms with Gasteiger partial charge < -0.3 is 19.1 Å². The number of amides is 2. The van der Waals surface area contributed by atoms with E-state index in [-0.39, 0.29) is 17.9 Å². The van der Waals surface area contributed by atoms with Crippen LogP contribution in [0.4, 0.5) is 0 Å². The van der Waals surface area contributed by atoms with E-state index >= 15 is 0 Å². The molecule has 0 spiro atoms. The van der Waals surface area contributed by atoms with Crippen molar-refractivity contribution < 1.29 is 18.9 Å². The van der Waals surface area contributed by atoms with Gasteiger partial charge in [-0.05, 0) is 24.6 Å². The van der Waals surface area contributed by atoms with Crippen molar-refractivity contribution in [1.29, 1.82) is 0 Å². The number of nitrogens with zero attached hydrogens (tertiary/aromatic N) is 2. The number of carbonyl (C=O) groups is 2. The lowest BCUT2D eigenvalue weighted by atomic mass is 10.1. The molecule has 0 aliphatic carbocycles. The Labute approximate surface area is 154 Å². The third-order valence-electron chi connectivity index (χ3n) is 5.05. The highest BCUT2D eigenvalue weighted by molar-refractivity contribution is 5.91.